The summed E-state index contributed by atoms with van der Waals surface area (Å²) >= 11 is 0. The van der Waals surface area contributed by atoms with E-state index in [0.717, 1.165) is 12.8 Å². The largest absolute Gasteiger partial charge is 0.324 e. The minimum atomic E-state index is 0.169. The van der Waals surface area contributed by atoms with Gasteiger partial charge in [0, 0.05) is 6.04 Å². The molecule has 0 fully saturated rings. The van der Waals surface area contributed by atoms with Gasteiger partial charge < -0.3 is 5.73 Å². The Bertz CT molecular complexity index is 94.7. The molecule has 1 nitrogen and oxygen atoms in total. The lowest BCUT2D eigenvalue weighted by Crippen LogP contribution is -2.14. The predicted octanol–water partition coefficient (Wildman–Crippen LogP) is 1.86. The van der Waals surface area contributed by atoms with E-state index >= 15 is 0 Å². The topological polar surface area (TPSA) is 26.0 Å². The van der Waals surface area contributed by atoms with Crippen LogP contribution in [0, 0.1) is 0 Å². The summed E-state index contributed by atoms with van der Waals surface area (Å²) in [5.74, 6) is 0. The molecule has 0 spiro atoms. The Morgan fingerprint density at radius 3 is 2.78 bits per heavy atom. The SMILES string of the molecule is C=CC[C@@H](N)/C=C\CC. The number of hydrogen-bond donors (Lipinski definition) is 1. The van der Waals surface area contributed by atoms with Gasteiger partial charge in [0.25, 0.3) is 0 Å². The van der Waals surface area contributed by atoms with Gasteiger partial charge in [-0.15, -0.1) is 6.58 Å². The normalized spacial score (nSPS) is 14.0. The standard InChI is InChI=1S/C8H15N/c1-3-5-7-8(9)6-4-2/h4-5,7-8H,2-3,6,9H2,1H3/b7-5-/t8-/m1/s1. The summed E-state index contributed by atoms with van der Waals surface area (Å²) in [6, 6.07) is 0.169. The van der Waals surface area contributed by atoms with Gasteiger partial charge in [0.15, 0.2) is 0 Å². The lowest BCUT2D eigenvalue weighted by Gasteiger charge is -1.98. The van der Waals surface area contributed by atoms with E-state index in [4.69, 9.17) is 5.73 Å². The van der Waals surface area contributed by atoms with Crippen molar-refractivity contribution in [2.24, 2.45) is 5.73 Å². The van der Waals surface area contributed by atoms with Gasteiger partial charge in [0.05, 0.1) is 0 Å². The molecular weight excluding hydrogens is 110 g/mol. The van der Waals surface area contributed by atoms with Crippen molar-refractivity contribution in [3.63, 3.8) is 0 Å². The van der Waals surface area contributed by atoms with Crippen molar-refractivity contribution < 1.29 is 0 Å². The Kier molecular flexibility index (Phi) is 5.23. The first kappa shape index (κ1) is 8.44. The molecule has 9 heavy (non-hydrogen) atoms. The summed E-state index contributed by atoms with van der Waals surface area (Å²) in [4.78, 5) is 0. The highest BCUT2D eigenvalue weighted by Crippen LogP contribution is 1.91. The molecule has 0 aliphatic rings. The van der Waals surface area contributed by atoms with E-state index < -0.39 is 0 Å². The Labute approximate surface area is 57.3 Å². The molecule has 0 aliphatic carbocycles. The van der Waals surface area contributed by atoms with Crippen LogP contribution in [-0.4, -0.2) is 6.04 Å². The number of rotatable bonds is 4. The fraction of sp³-hybridized carbons (Fsp3) is 0.500. The third-order valence-electron chi connectivity index (χ3n) is 1.06. The molecule has 52 valence electrons. The molecule has 0 aromatic rings. The summed E-state index contributed by atoms with van der Waals surface area (Å²) < 4.78 is 0. The van der Waals surface area contributed by atoms with E-state index in [1.54, 1.807) is 0 Å². The van der Waals surface area contributed by atoms with Gasteiger partial charge in [-0.25, -0.2) is 0 Å². The Balaban J connectivity index is 3.35. The van der Waals surface area contributed by atoms with Crippen molar-refractivity contribution in [2.45, 2.75) is 25.8 Å². The highest BCUT2D eigenvalue weighted by Gasteiger charge is 1.89. The number of nitrogens with two attached hydrogens (primary N) is 1. The number of allylic oxidation sites excluding steroid dienone is 1. The average Bonchev–Trinajstić information content (AvgIpc) is 1.85. The molecular formula is C8H15N. The molecule has 0 radical (unpaired) electrons. The lowest BCUT2D eigenvalue weighted by atomic mass is 10.2. The van der Waals surface area contributed by atoms with Crippen molar-refractivity contribution in [2.75, 3.05) is 0 Å². The van der Waals surface area contributed by atoms with E-state index in [9.17, 15) is 0 Å². The van der Waals surface area contributed by atoms with Crippen LogP contribution in [0.1, 0.15) is 19.8 Å². The maximum absolute atomic E-state index is 5.61. The molecule has 0 rings (SSSR count). The molecule has 0 saturated carbocycles. The molecule has 2 N–H and O–H groups in total. The molecule has 0 saturated heterocycles. The predicted molar refractivity (Wildman–Crippen MR) is 42.2 cm³/mol. The molecule has 0 aromatic heterocycles. The van der Waals surface area contributed by atoms with Crippen molar-refractivity contribution >= 4 is 0 Å². The minimum absolute atomic E-state index is 0.169. The fourth-order valence-electron chi connectivity index (χ4n) is 0.582. The van der Waals surface area contributed by atoms with E-state index in [-0.39, 0.29) is 6.04 Å². The van der Waals surface area contributed by atoms with Crippen LogP contribution in [0.4, 0.5) is 0 Å². The summed E-state index contributed by atoms with van der Waals surface area (Å²) in [6.07, 6.45) is 7.86. The third-order valence-corrected chi connectivity index (χ3v) is 1.06. The monoisotopic (exact) mass is 125 g/mol. The zero-order valence-corrected chi connectivity index (χ0v) is 6.01. The van der Waals surface area contributed by atoms with Crippen LogP contribution in [0.2, 0.25) is 0 Å². The Hall–Kier alpha value is -0.560. The van der Waals surface area contributed by atoms with Crippen LogP contribution >= 0.6 is 0 Å². The first-order valence-corrected chi connectivity index (χ1v) is 3.34. The summed E-state index contributed by atoms with van der Waals surface area (Å²) in [5, 5.41) is 0. The zero-order valence-electron chi connectivity index (χ0n) is 6.01. The minimum Gasteiger partial charge on any atom is -0.324 e. The third kappa shape index (κ3) is 5.31. The maximum atomic E-state index is 5.61. The first-order chi connectivity index (χ1) is 4.31. The first-order valence-electron chi connectivity index (χ1n) is 3.34. The van der Waals surface area contributed by atoms with Gasteiger partial charge in [0.1, 0.15) is 0 Å². The van der Waals surface area contributed by atoms with Crippen LogP contribution < -0.4 is 5.73 Å². The summed E-state index contributed by atoms with van der Waals surface area (Å²) in [7, 11) is 0. The second kappa shape index (κ2) is 5.57. The van der Waals surface area contributed by atoms with E-state index in [0.29, 0.717) is 0 Å². The molecule has 1 atom stereocenters. The van der Waals surface area contributed by atoms with Gasteiger partial charge in [-0.1, -0.05) is 25.2 Å². The molecule has 0 heterocycles. The second-order valence-electron chi connectivity index (χ2n) is 2.02. The van der Waals surface area contributed by atoms with Gasteiger partial charge in [0.2, 0.25) is 0 Å². The van der Waals surface area contributed by atoms with Crippen LogP contribution in [0.25, 0.3) is 0 Å². The lowest BCUT2D eigenvalue weighted by molar-refractivity contribution is 0.831. The number of hydrogen-bond acceptors (Lipinski definition) is 1. The smallest absolute Gasteiger partial charge is 0.0258 e. The second-order valence-corrected chi connectivity index (χ2v) is 2.02. The molecule has 0 aromatic carbocycles. The maximum Gasteiger partial charge on any atom is 0.0258 e. The van der Waals surface area contributed by atoms with Crippen molar-refractivity contribution in [3.8, 4) is 0 Å². The van der Waals surface area contributed by atoms with Crippen LogP contribution in [-0.2, 0) is 0 Å². The molecule has 0 unspecified atom stereocenters. The van der Waals surface area contributed by atoms with E-state index in [1.165, 1.54) is 0 Å². The van der Waals surface area contributed by atoms with Gasteiger partial charge in [-0.05, 0) is 12.8 Å². The highest BCUT2D eigenvalue weighted by molar-refractivity contribution is 4.93. The van der Waals surface area contributed by atoms with Crippen LogP contribution in [0.15, 0.2) is 24.8 Å². The summed E-state index contributed by atoms with van der Waals surface area (Å²) in [6.45, 7) is 5.69. The van der Waals surface area contributed by atoms with Crippen molar-refractivity contribution in [1.29, 1.82) is 0 Å². The molecule has 0 bridgehead atoms. The Morgan fingerprint density at radius 1 is 1.67 bits per heavy atom. The molecule has 0 aliphatic heterocycles. The molecule has 0 amide bonds. The summed E-state index contributed by atoms with van der Waals surface area (Å²) in [5.41, 5.74) is 5.61. The van der Waals surface area contributed by atoms with E-state index in [1.807, 2.05) is 12.2 Å². The average molecular weight is 125 g/mol. The van der Waals surface area contributed by atoms with Crippen LogP contribution in [0.5, 0.6) is 0 Å². The Morgan fingerprint density at radius 2 is 2.33 bits per heavy atom. The van der Waals surface area contributed by atoms with Crippen molar-refractivity contribution in [1.82, 2.24) is 0 Å². The van der Waals surface area contributed by atoms with Crippen LogP contribution in [0.3, 0.4) is 0 Å². The van der Waals surface area contributed by atoms with E-state index in [2.05, 4.69) is 19.6 Å². The van der Waals surface area contributed by atoms with Gasteiger partial charge in [-0.2, -0.15) is 0 Å². The van der Waals surface area contributed by atoms with Gasteiger partial charge >= 0.3 is 0 Å². The zero-order chi connectivity index (χ0) is 7.11. The molecule has 1 heteroatoms. The van der Waals surface area contributed by atoms with Crippen molar-refractivity contribution in [3.05, 3.63) is 24.8 Å². The van der Waals surface area contributed by atoms with Gasteiger partial charge in [-0.3, -0.25) is 0 Å². The quantitative estimate of drug-likeness (QED) is 0.570. The fourth-order valence-corrected chi connectivity index (χ4v) is 0.582. The highest BCUT2D eigenvalue weighted by atomic mass is 14.6.